The van der Waals surface area contributed by atoms with Crippen molar-refractivity contribution in [3.63, 3.8) is 0 Å². The minimum absolute atomic E-state index is 0.208. The topological polar surface area (TPSA) is 58.6 Å². The van der Waals surface area contributed by atoms with Crippen LogP contribution in [-0.2, 0) is 4.79 Å². The molecule has 1 amide bonds. The Labute approximate surface area is 94.2 Å². The monoisotopic (exact) mass is 219 g/mol. The smallest absolute Gasteiger partial charge is 0.252 e. The second kappa shape index (κ2) is 5.79. The second-order valence-corrected chi connectivity index (χ2v) is 3.18. The Kier molecular flexibility index (Phi) is 4.37. The van der Waals surface area contributed by atoms with Crippen molar-refractivity contribution in [2.75, 3.05) is 11.9 Å². The molecule has 1 atom stereocenters. The van der Waals surface area contributed by atoms with Gasteiger partial charge in [-0.3, -0.25) is 4.79 Å². The summed E-state index contributed by atoms with van der Waals surface area (Å²) >= 11 is 0. The van der Waals surface area contributed by atoms with Gasteiger partial charge in [0.05, 0.1) is 0 Å². The average Bonchev–Trinajstić information content (AvgIpc) is 2.28. The van der Waals surface area contributed by atoms with E-state index >= 15 is 0 Å². The lowest BCUT2D eigenvalue weighted by atomic mass is 10.3. The number of hydrogen-bond acceptors (Lipinski definition) is 3. The van der Waals surface area contributed by atoms with Crippen LogP contribution in [-0.4, -0.2) is 23.7 Å². The molecule has 0 fully saturated rings. The third-order valence-corrected chi connectivity index (χ3v) is 1.82. The van der Waals surface area contributed by atoms with E-state index < -0.39 is 12.0 Å². The molecule has 4 nitrogen and oxygen atoms in total. The molecule has 16 heavy (non-hydrogen) atoms. The Morgan fingerprint density at radius 3 is 2.69 bits per heavy atom. The van der Waals surface area contributed by atoms with Crippen LogP contribution in [0.2, 0.25) is 0 Å². The van der Waals surface area contributed by atoms with Gasteiger partial charge in [0.1, 0.15) is 18.5 Å². The number of rotatable bonds is 4. The Morgan fingerprint density at radius 2 is 2.19 bits per heavy atom. The number of benzene rings is 1. The molecule has 2 N–H and O–H groups in total. The normalized spacial score (nSPS) is 11.3. The van der Waals surface area contributed by atoms with Crippen LogP contribution in [0.3, 0.4) is 0 Å². The van der Waals surface area contributed by atoms with Gasteiger partial charge in [0.25, 0.3) is 5.91 Å². The summed E-state index contributed by atoms with van der Waals surface area (Å²) in [5.74, 6) is 2.54. The maximum Gasteiger partial charge on any atom is 0.252 e. The molecule has 1 unspecified atom stereocenters. The summed E-state index contributed by atoms with van der Waals surface area (Å²) in [6.45, 7) is 1.61. The first-order valence-corrected chi connectivity index (χ1v) is 4.78. The molecule has 0 saturated carbocycles. The molecule has 0 aliphatic heterocycles. The van der Waals surface area contributed by atoms with Gasteiger partial charge in [-0.05, 0) is 31.2 Å². The number of carbonyl (C=O) groups excluding carboxylic acids is 1. The van der Waals surface area contributed by atoms with E-state index in [0.717, 1.165) is 0 Å². The lowest BCUT2D eigenvalue weighted by molar-refractivity contribution is -0.123. The fourth-order valence-electron chi connectivity index (χ4n) is 1.01. The fourth-order valence-corrected chi connectivity index (χ4v) is 1.01. The number of hydrogen-bond donors (Lipinski definition) is 2. The molecule has 1 aromatic rings. The SMILES string of the molecule is C#CCOc1ccc(NC(=O)C(C)O)cc1. The van der Waals surface area contributed by atoms with Crippen LogP contribution in [0.4, 0.5) is 5.69 Å². The first-order chi connectivity index (χ1) is 7.63. The van der Waals surface area contributed by atoms with E-state index in [1.165, 1.54) is 6.92 Å². The summed E-state index contributed by atoms with van der Waals surface area (Å²) in [5.41, 5.74) is 0.596. The van der Waals surface area contributed by atoms with Crippen molar-refractivity contribution in [2.45, 2.75) is 13.0 Å². The summed E-state index contributed by atoms with van der Waals surface area (Å²) in [6, 6.07) is 6.72. The highest BCUT2D eigenvalue weighted by Gasteiger charge is 2.08. The van der Waals surface area contributed by atoms with Crippen molar-refractivity contribution in [1.29, 1.82) is 0 Å². The maximum atomic E-state index is 11.2. The van der Waals surface area contributed by atoms with Crippen molar-refractivity contribution in [3.8, 4) is 18.1 Å². The van der Waals surface area contributed by atoms with Crippen LogP contribution in [0.15, 0.2) is 24.3 Å². The molecule has 0 bridgehead atoms. The van der Waals surface area contributed by atoms with Crippen LogP contribution in [0, 0.1) is 12.3 Å². The van der Waals surface area contributed by atoms with Gasteiger partial charge < -0.3 is 15.2 Å². The molecular formula is C12H13NO3. The molecule has 1 aromatic carbocycles. The largest absolute Gasteiger partial charge is 0.481 e. The molecule has 0 aliphatic carbocycles. The Morgan fingerprint density at radius 1 is 1.56 bits per heavy atom. The third kappa shape index (κ3) is 3.64. The van der Waals surface area contributed by atoms with Gasteiger partial charge in [-0.15, -0.1) is 6.42 Å². The summed E-state index contributed by atoms with van der Waals surface area (Å²) in [6.07, 6.45) is 4.02. The Balaban J connectivity index is 2.58. The fraction of sp³-hybridized carbons (Fsp3) is 0.250. The van der Waals surface area contributed by atoms with E-state index in [0.29, 0.717) is 11.4 Å². The number of aliphatic hydroxyl groups excluding tert-OH is 1. The van der Waals surface area contributed by atoms with E-state index in [1.54, 1.807) is 24.3 Å². The third-order valence-electron chi connectivity index (χ3n) is 1.82. The quantitative estimate of drug-likeness (QED) is 0.743. The summed E-state index contributed by atoms with van der Waals surface area (Å²) in [7, 11) is 0. The van der Waals surface area contributed by atoms with Crippen LogP contribution in [0.1, 0.15) is 6.92 Å². The zero-order valence-corrected chi connectivity index (χ0v) is 8.93. The highest BCUT2D eigenvalue weighted by atomic mass is 16.5. The number of anilines is 1. The number of aliphatic hydroxyl groups is 1. The van der Waals surface area contributed by atoms with Crippen molar-refractivity contribution < 1.29 is 14.6 Å². The minimum atomic E-state index is -1.03. The van der Waals surface area contributed by atoms with Gasteiger partial charge in [0.2, 0.25) is 0 Å². The second-order valence-electron chi connectivity index (χ2n) is 3.18. The predicted octanol–water partition coefficient (Wildman–Crippen LogP) is 1.02. The summed E-state index contributed by atoms with van der Waals surface area (Å²) in [4.78, 5) is 11.2. The van der Waals surface area contributed by atoms with Crippen LogP contribution >= 0.6 is 0 Å². The van der Waals surface area contributed by atoms with Crippen molar-refractivity contribution >= 4 is 11.6 Å². The molecule has 0 saturated heterocycles. The molecule has 84 valence electrons. The highest BCUT2D eigenvalue weighted by molar-refractivity contribution is 5.93. The van der Waals surface area contributed by atoms with Gasteiger partial charge in [0.15, 0.2) is 0 Å². The standard InChI is InChI=1S/C12H13NO3/c1-3-8-16-11-6-4-10(5-7-11)13-12(15)9(2)14/h1,4-7,9,14H,8H2,2H3,(H,13,15). The van der Waals surface area contributed by atoms with Gasteiger partial charge in [0, 0.05) is 5.69 Å². The van der Waals surface area contributed by atoms with Gasteiger partial charge in [-0.1, -0.05) is 5.92 Å². The average molecular weight is 219 g/mol. The molecular weight excluding hydrogens is 206 g/mol. The van der Waals surface area contributed by atoms with Crippen molar-refractivity contribution in [1.82, 2.24) is 0 Å². The zero-order valence-electron chi connectivity index (χ0n) is 8.93. The number of carbonyl (C=O) groups is 1. The van der Waals surface area contributed by atoms with E-state index in [9.17, 15) is 4.79 Å². The van der Waals surface area contributed by atoms with E-state index in [4.69, 9.17) is 16.3 Å². The molecule has 0 heterocycles. The summed E-state index contributed by atoms with van der Waals surface area (Å²) < 4.78 is 5.16. The maximum absolute atomic E-state index is 11.2. The predicted molar refractivity (Wildman–Crippen MR) is 61.1 cm³/mol. The van der Waals surface area contributed by atoms with Gasteiger partial charge >= 0.3 is 0 Å². The number of amides is 1. The number of terminal acetylenes is 1. The molecule has 4 heteroatoms. The van der Waals surface area contributed by atoms with Gasteiger partial charge in [-0.2, -0.15) is 0 Å². The van der Waals surface area contributed by atoms with Crippen molar-refractivity contribution in [2.24, 2.45) is 0 Å². The van der Waals surface area contributed by atoms with Crippen LogP contribution in [0.5, 0.6) is 5.75 Å². The first-order valence-electron chi connectivity index (χ1n) is 4.78. The molecule has 0 aromatic heterocycles. The Bertz CT molecular complexity index is 390. The zero-order chi connectivity index (χ0) is 12.0. The first kappa shape index (κ1) is 12.1. The van der Waals surface area contributed by atoms with E-state index in [-0.39, 0.29) is 6.61 Å². The summed E-state index contributed by atoms with van der Waals surface area (Å²) in [5, 5.41) is 11.5. The minimum Gasteiger partial charge on any atom is -0.481 e. The molecule has 0 radical (unpaired) electrons. The molecule has 0 aliphatic rings. The molecule has 1 rings (SSSR count). The van der Waals surface area contributed by atoms with E-state index in [2.05, 4.69) is 11.2 Å². The highest BCUT2D eigenvalue weighted by Crippen LogP contribution is 2.15. The van der Waals surface area contributed by atoms with Gasteiger partial charge in [-0.25, -0.2) is 0 Å². The number of ether oxygens (including phenoxy) is 1. The lowest BCUT2D eigenvalue weighted by Crippen LogP contribution is -2.24. The lowest BCUT2D eigenvalue weighted by Gasteiger charge is -2.08. The number of nitrogens with one attached hydrogen (secondary N) is 1. The van der Waals surface area contributed by atoms with Crippen LogP contribution < -0.4 is 10.1 Å². The Hall–Kier alpha value is -1.99. The van der Waals surface area contributed by atoms with Crippen LogP contribution in [0.25, 0.3) is 0 Å². The van der Waals surface area contributed by atoms with Crippen molar-refractivity contribution in [3.05, 3.63) is 24.3 Å². The van der Waals surface area contributed by atoms with E-state index in [1.807, 2.05) is 0 Å². The molecule has 0 spiro atoms.